The van der Waals surface area contributed by atoms with Crippen molar-refractivity contribution in [3.63, 3.8) is 0 Å². The van der Waals surface area contributed by atoms with Crippen LogP contribution in [-0.2, 0) is 6.42 Å². The van der Waals surface area contributed by atoms with Crippen LogP contribution in [0.1, 0.15) is 38.2 Å². The fourth-order valence-corrected chi connectivity index (χ4v) is 3.95. The normalized spacial score (nSPS) is 29.8. The molecule has 100 valence electrons. The lowest BCUT2D eigenvalue weighted by Crippen LogP contribution is -2.69. The molecule has 0 unspecified atom stereocenters. The maximum atomic E-state index is 3.93. The van der Waals surface area contributed by atoms with Crippen LogP contribution in [0.3, 0.4) is 0 Å². The van der Waals surface area contributed by atoms with Gasteiger partial charge in [0.25, 0.3) is 0 Å². The molecule has 0 saturated heterocycles. The van der Waals surface area contributed by atoms with Gasteiger partial charge in [-0.3, -0.25) is 0 Å². The minimum atomic E-state index is 0.539. The molecule has 3 aliphatic carbocycles. The summed E-state index contributed by atoms with van der Waals surface area (Å²) in [6, 6.07) is 9.25. The van der Waals surface area contributed by atoms with Crippen LogP contribution in [0.25, 0.3) is 10.9 Å². The number of rotatable bonds is 5. The van der Waals surface area contributed by atoms with Crippen LogP contribution in [0.4, 0.5) is 0 Å². The van der Waals surface area contributed by atoms with Crippen LogP contribution in [0, 0.1) is 5.92 Å². The summed E-state index contributed by atoms with van der Waals surface area (Å²) in [7, 11) is 0. The molecule has 2 N–H and O–H groups in total. The first-order valence-electron chi connectivity index (χ1n) is 7.61. The summed E-state index contributed by atoms with van der Waals surface area (Å²) in [4.78, 5) is 3.39. The molecular formula is C17H22N2. The predicted molar refractivity (Wildman–Crippen MR) is 79.3 cm³/mol. The average Bonchev–Trinajstić information content (AvgIpc) is 2.74. The van der Waals surface area contributed by atoms with Gasteiger partial charge < -0.3 is 10.3 Å². The van der Waals surface area contributed by atoms with E-state index in [1.165, 1.54) is 42.1 Å². The van der Waals surface area contributed by atoms with Gasteiger partial charge in [0.15, 0.2) is 0 Å². The van der Waals surface area contributed by atoms with Gasteiger partial charge in [-0.2, -0.15) is 0 Å². The van der Waals surface area contributed by atoms with Crippen LogP contribution in [-0.4, -0.2) is 16.6 Å². The molecular weight excluding hydrogens is 232 g/mol. The monoisotopic (exact) mass is 254 g/mol. The Morgan fingerprint density at radius 1 is 1.32 bits per heavy atom. The molecule has 1 atom stereocenters. The predicted octanol–water partition coefficient (Wildman–Crippen LogP) is 3.63. The summed E-state index contributed by atoms with van der Waals surface area (Å²) in [6.45, 7) is 2.30. The van der Waals surface area contributed by atoms with Crippen LogP contribution in [0.5, 0.6) is 0 Å². The molecule has 0 radical (unpaired) electrons. The largest absolute Gasteiger partial charge is 0.361 e. The number of H-pyrrole nitrogens is 1. The van der Waals surface area contributed by atoms with E-state index in [4.69, 9.17) is 0 Å². The SMILES string of the molecule is CC[C@H](Cc1c[nH]c2ccccc12)NC12CC(C1)C2. The Balaban J connectivity index is 1.52. The standard InChI is InChI=1S/C17H22N2/c1-2-14(19-17-8-12(9-17)10-17)7-13-11-18-16-6-4-3-5-15(13)16/h3-6,11-12,14,18-19H,2,7-10H2,1H3/t12?,14-,17?/m1/s1. The second-order valence-electron chi connectivity index (χ2n) is 6.57. The average molecular weight is 254 g/mol. The number of benzene rings is 1. The fourth-order valence-electron chi connectivity index (χ4n) is 3.95. The number of fused-ring (bicyclic) bond motifs is 1. The Labute approximate surface area is 114 Å². The molecule has 0 aliphatic heterocycles. The quantitative estimate of drug-likeness (QED) is 0.838. The summed E-state index contributed by atoms with van der Waals surface area (Å²) < 4.78 is 0. The lowest BCUT2D eigenvalue weighted by atomic mass is 9.49. The van der Waals surface area contributed by atoms with Gasteiger partial charge in [-0.25, -0.2) is 0 Å². The molecule has 2 heteroatoms. The number of hydrogen-bond donors (Lipinski definition) is 2. The number of nitrogens with one attached hydrogen (secondary N) is 2. The summed E-state index contributed by atoms with van der Waals surface area (Å²) >= 11 is 0. The second-order valence-corrected chi connectivity index (χ2v) is 6.57. The van der Waals surface area contributed by atoms with E-state index in [9.17, 15) is 0 Å². The molecule has 2 aromatic rings. The third kappa shape index (κ3) is 1.81. The summed E-state index contributed by atoms with van der Waals surface area (Å²) in [5.74, 6) is 1.05. The fraction of sp³-hybridized carbons (Fsp3) is 0.529. The van der Waals surface area contributed by atoms with E-state index >= 15 is 0 Å². The summed E-state index contributed by atoms with van der Waals surface area (Å²) in [6.07, 6.45) is 8.84. The molecule has 3 fully saturated rings. The zero-order valence-corrected chi connectivity index (χ0v) is 11.6. The minimum absolute atomic E-state index is 0.539. The van der Waals surface area contributed by atoms with Gasteiger partial charge in [0.05, 0.1) is 0 Å². The Morgan fingerprint density at radius 2 is 2.11 bits per heavy atom. The highest BCUT2D eigenvalue weighted by Crippen LogP contribution is 2.57. The number of aromatic amines is 1. The number of aromatic nitrogens is 1. The third-order valence-electron chi connectivity index (χ3n) is 5.18. The van der Waals surface area contributed by atoms with Crippen LogP contribution < -0.4 is 5.32 Å². The van der Waals surface area contributed by atoms with Gasteiger partial charge in [0.2, 0.25) is 0 Å². The van der Waals surface area contributed by atoms with Crippen molar-refractivity contribution in [1.29, 1.82) is 0 Å². The van der Waals surface area contributed by atoms with Crippen LogP contribution >= 0.6 is 0 Å². The van der Waals surface area contributed by atoms with Crippen molar-refractivity contribution in [2.45, 2.75) is 50.6 Å². The smallest absolute Gasteiger partial charge is 0.0456 e. The highest BCUT2D eigenvalue weighted by atomic mass is 15.1. The maximum absolute atomic E-state index is 3.93. The van der Waals surface area contributed by atoms with Crippen molar-refractivity contribution in [2.75, 3.05) is 0 Å². The molecule has 3 saturated carbocycles. The highest BCUT2D eigenvalue weighted by molar-refractivity contribution is 5.83. The first kappa shape index (κ1) is 11.5. The zero-order valence-electron chi connectivity index (χ0n) is 11.6. The minimum Gasteiger partial charge on any atom is -0.361 e. The molecule has 1 heterocycles. The molecule has 1 aromatic carbocycles. The molecule has 3 aliphatic rings. The topological polar surface area (TPSA) is 27.8 Å². The zero-order chi connectivity index (χ0) is 12.9. The first-order valence-corrected chi connectivity index (χ1v) is 7.61. The van der Waals surface area contributed by atoms with Gasteiger partial charge in [-0.05, 0) is 49.7 Å². The molecule has 1 aromatic heterocycles. The van der Waals surface area contributed by atoms with Gasteiger partial charge in [0.1, 0.15) is 0 Å². The Morgan fingerprint density at radius 3 is 2.79 bits per heavy atom. The van der Waals surface area contributed by atoms with E-state index in [0.717, 1.165) is 12.3 Å². The first-order chi connectivity index (χ1) is 9.28. The van der Waals surface area contributed by atoms with E-state index in [1.807, 2.05) is 0 Å². The summed E-state index contributed by atoms with van der Waals surface area (Å²) in [5, 5.41) is 5.32. The maximum Gasteiger partial charge on any atom is 0.0456 e. The lowest BCUT2D eigenvalue weighted by Gasteiger charge is -2.63. The second kappa shape index (κ2) is 4.11. The summed E-state index contributed by atoms with van der Waals surface area (Å²) in [5.41, 5.74) is 3.26. The number of hydrogen-bond acceptors (Lipinski definition) is 1. The van der Waals surface area contributed by atoms with Gasteiger partial charge in [0, 0.05) is 28.7 Å². The van der Waals surface area contributed by atoms with Crippen molar-refractivity contribution in [1.82, 2.24) is 10.3 Å². The molecule has 2 bridgehead atoms. The highest BCUT2D eigenvalue weighted by Gasteiger charge is 2.56. The molecule has 2 nitrogen and oxygen atoms in total. The van der Waals surface area contributed by atoms with E-state index < -0.39 is 0 Å². The number of para-hydroxylation sites is 1. The van der Waals surface area contributed by atoms with Crippen LogP contribution in [0.2, 0.25) is 0 Å². The Hall–Kier alpha value is -1.28. The van der Waals surface area contributed by atoms with Crippen molar-refractivity contribution in [3.05, 3.63) is 36.0 Å². The van der Waals surface area contributed by atoms with E-state index in [0.29, 0.717) is 11.6 Å². The van der Waals surface area contributed by atoms with Crippen LogP contribution in [0.15, 0.2) is 30.5 Å². The van der Waals surface area contributed by atoms with Crippen molar-refractivity contribution in [3.8, 4) is 0 Å². The van der Waals surface area contributed by atoms with E-state index in [-0.39, 0.29) is 0 Å². The Bertz CT molecular complexity index is 581. The van der Waals surface area contributed by atoms with Gasteiger partial charge in [-0.15, -0.1) is 0 Å². The Kier molecular flexibility index (Phi) is 2.49. The molecule has 0 amide bonds. The molecule has 5 rings (SSSR count). The van der Waals surface area contributed by atoms with Gasteiger partial charge >= 0.3 is 0 Å². The third-order valence-corrected chi connectivity index (χ3v) is 5.18. The van der Waals surface area contributed by atoms with Crippen molar-refractivity contribution >= 4 is 10.9 Å². The van der Waals surface area contributed by atoms with E-state index in [1.54, 1.807) is 0 Å². The van der Waals surface area contributed by atoms with E-state index in [2.05, 4.69) is 47.7 Å². The van der Waals surface area contributed by atoms with Crippen molar-refractivity contribution in [2.24, 2.45) is 5.92 Å². The van der Waals surface area contributed by atoms with Gasteiger partial charge in [-0.1, -0.05) is 25.1 Å². The molecule has 19 heavy (non-hydrogen) atoms. The molecule has 0 spiro atoms. The lowest BCUT2D eigenvalue weighted by molar-refractivity contribution is -0.0590. The van der Waals surface area contributed by atoms with Crippen molar-refractivity contribution < 1.29 is 0 Å².